The summed E-state index contributed by atoms with van der Waals surface area (Å²) in [5.74, 6) is 0.325. The van der Waals surface area contributed by atoms with E-state index < -0.39 is 0 Å². The van der Waals surface area contributed by atoms with E-state index in [1.54, 1.807) is 0 Å². The van der Waals surface area contributed by atoms with E-state index in [4.69, 9.17) is 4.98 Å². The van der Waals surface area contributed by atoms with Crippen LogP contribution in [-0.2, 0) is 17.8 Å². The predicted octanol–water partition coefficient (Wildman–Crippen LogP) is 4.64. The van der Waals surface area contributed by atoms with Crippen molar-refractivity contribution in [3.63, 3.8) is 0 Å². The third-order valence-electron chi connectivity index (χ3n) is 7.22. The average Bonchev–Trinajstić information content (AvgIpc) is 2.92. The molecule has 190 valence electrons. The molecule has 1 saturated heterocycles. The van der Waals surface area contributed by atoms with Crippen LogP contribution in [0.2, 0.25) is 0 Å². The van der Waals surface area contributed by atoms with E-state index in [1.165, 1.54) is 16.7 Å². The molecule has 1 fully saturated rings. The Morgan fingerprint density at radius 2 is 1.62 bits per heavy atom. The Hall–Kier alpha value is -3.93. The highest BCUT2D eigenvalue weighted by Crippen LogP contribution is 2.22. The summed E-state index contributed by atoms with van der Waals surface area (Å²) in [5.41, 5.74) is 6.20. The minimum absolute atomic E-state index is 0.0533. The summed E-state index contributed by atoms with van der Waals surface area (Å²) in [4.78, 5) is 33.5. The molecule has 5 rings (SSSR count). The van der Waals surface area contributed by atoms with Crippen molar-refractivity contribution in [1.82, 2.24) is 14.9 Å². The maximum atomic E-state index is 13.7. The second kappa shape index (κ2) is 11.0. The van der Waals surface area contributed by atoms with E-state index in [0.29, 0.717) is 25.5 Å². The van der Waals surface area contributed by atoms with Crippen LogP contribution in [0.5, 0.6) is 0 Å². The Kier molecular flexibility index (Phi) is 7.35. The summed E-state index contributed by atoms with van der Waals surface area (Å²) in [5, 5.41) is 3.11. The number of piperidine rings is 1. The van der Waals surface area contributed by atoms with Gasteiger partial charge in [0, 0.05) is 19.6 Å². The number of carbonyl (C=O) groups is 1. The van der Waals surface area contributed by atoms with E-state index in [1.807, 2.05) is 33.7 Å². The molecular formula is C31H34N4O2. The lowest BCUT2D eigenvalue weighted by Gasteiger charge is -2.32. The van der Waals surface area contributed by atoms with Gasteiger partial charge < -0.3 is 10.2 Å². The quantitative estimate of drug-likeness (QED) is 0.407. The molecule has 1 aliphatic rings. The first-order valence-electron chi connectivity index (χ1n) is 13.1. The Labute approximate surface area is 218 Å². The van der Waals surface area contributed by atoms with Crippen LogP contribution >= 0.6 is 0 Å². The molecule has 0 aliphatic carbocycles. The summed E-state index contributed by atoms with van der Waals surface area (Å²) in [6.07, 6.45) is 2.47. The first-order valence-corrected chi connectivity index (χ1v) is 13.1. The summed E-state index contributed by atoms with van der Waals surface area (Å²) in [7, 11) is 0. The molecule has 0 saturated carbocycles. The molecule has 4 aromatic rings. The molecule has 1 aliphatic heterocycles. The standard InChI is InChI=1S/C31H34N4O2/c1-22-9-13-24(14-10-22)17-18-32-30(36)26-6-5-19-34(21-26)29-31(37)35(20-25-15-11-23(2)12-16-25)28-8-4-3-7-27(28)33-29/h3-4,7-16,26H,5-6,17-21H2,1-2H3,(H,32,36)/t26-/m0/s1. The van der Waals surface area contributed by atoms with E-state index >= 15 is 0 Å². The zero-order chi connectivity index (χ0) is 25.8. The largest absolute Gasteiger partial charge is 0.355 e. The van der Waals surface area contributed by atoms with Crippen LogP contribution in [0.3, 0.4) is 0 Å². The highest BCUT2D eigenvalue weighted by molar-refractivity contribution is 5.80. The number of benzene rings is 3. The predicted molar refractivity (Wildman–Crippen MR) is 149 cm³/mol. The van der Waals surface area contributed by atoms with Gasteiger partial charge in [-0.3, -0.25) is 14.2 Å². The Bertz CT molecular complexity index is 1440. The number of nitrogens with zero attached hydrogens (tertiary/aromatic N) is 3. The summed E-state index contributed by atoms with van der Waals surface area (Å²) in [6, 6.07) is 24.4. The van der Waals surface area contributed by atoms with Crippen LogP contribution in [0.4, 0.5) is 5.82 Å². The minimum Gasteiger partial charge on any atom is -0.355 e. The molecule has 0 radical (unpaired) electrons. The van der Waals surface area contributed by atoms with Gasteiger partial charge >= 0.3 is 0 Å². The summed E-state index contributed by atoms with van der Waals surface area (Å²) < 4.78 is 1.81. The molecule has 1 atom stereocenters. The third kappa shape index (κ3) is 5.74. The molecule has 3 aromatic carbocycles. The number of aromatic nitrogens is 2. The first kappa shape index (κ1) is 24.8. The van der Waals surface area contributed by atoms with E-state index in [9.17, 15) is 9.59 Å². The van der Waals surface area contributed by atoms with Crippen molar-refractivity contribution in [3.8, 4) is 0 Å². The average molecular weight is 495 g/mol. The maximum Gasteiger partial charge on any atom is 0.294 e. The zero-order valence-corrected chi connectivity index (χ0v) is 21.6. The highest BCUT2D eigenvalue weighted by Gasteiger charge is 2.28. The highest BCUT2D eigenvalue weighted by atomic mass is 16.2. The molecule has 0 unspecified atom stereocenters. The number of hydrogen-bond donors (Lipinski definition) is 1. The summed E-state index contributed by atoms with van der Waals surface area (Å²) in [6.45, 7) is 6.44. The van der Waals surface area contributed by atoms with Crippen molar-refractivity contribution >= 4 is 22.8 Å². The first-order chi connectivity index (χ1) is 18.0. The molecule has 0 spiro atoms. The fourth-order valence-electron chi connectivity index (χ4n) is 5.03. The van der Waals surface area contributed by atoms with Crippen molar-refractivity contribution < 1.29 is 4.79 Å². The van der Waals surface area contributed by atoms with E-state index in [2.05, 4.69) is 67.7 Å². The second-order valence-electron chi connectivity index (χ2n) is 10.1. The number of nitrogens with one attached hydrogen (secondary N) is 1. The Morgan fingerprint density at radius 3 is 2.35 bits per heavy atom. The SMILES string of the molecule is Cc1ccc(CCNC(=O)[C@H]2CCCN(c3nc4ccccc4n(Cc4ccc(C)cc4)c3=O)C2)cc1. The number of rotatable bonds is 7. The second-order valence-corrected chi connectivity index (χ2v) is 10.1. The molecule has 1 amide bonds. The topological polar surface area (TPSA) is 67.2 Å². The summed E-state index contributed by atoms with van der Waals surface area (Å²) >= 11 is 0. The molecule has 37 heavy (non-hydrogen) atoms. The van der Waals surface area contributed by atoms with Gasteiger partial charge in [0.05, 0.1) is 23.5 Å². The third-order valence-corrected chi connectivity index (χ3v) is 7.22. The Morgan fingerprint density at radius 1 is 0.946 bits per heavy atom. The van der Waals surface area contributed by atoms with E-state index in [-0.39, 0.29) is 17.4 Å². The number of carbonyl (C=O) groups excluding carboxylic acids is 1. The number of anilines is 1. The lowest BCUT2D eigenvalue weighted by atomic mass is 9.97. The smallest absolute Gasteiger partial charge is 0.294 e. The van der Waals surface area contributed by atoms with Gasteiger partial charge in [-0.15, -0.1) is 0 Å². The monoisotopic (exact) mass is 494 g/mol. The van der Waals surface area contributed by atoms with Crippen molar-refractivity contribution in [2.75, 3.05) is 24.5 Å². The van der Waals surface area contributed by atoms with Crippen LogP contribution in [0.1, 0.15) is 35.1 Å². The van der Waals surface area contributed by atoms with Gasteiger partial charge in [0.2, 0.25) is 5.91 Å². The number of aryl methyl sites for hydroxylation is 2. The van der Waals surface area contributed by atoms with Gasteiger partial charge in [-0.25, -0.2) is 4.98 Å². The van der Waals surface area contributed by atoms with Gasteiger partial charge in [-0.2, -0.15) is 0 Å². The molecule has 1 N–H and O–H groups in total. The molecule has 2 heterocycles. The van der Waals surface area contributed by atoms with Gasteiger partial charge in [0.15, 0.2) is 5.82 Å². The lowest BCUT2D eigenvalue weighted by Crippen LogP contribution is -2.46. The van der Waals surface area contributed by atoms with Gasteiger partial charge in [-0.05, 0) is 56.4 Å². The maximum absolute atomic E-state index is 13.7. The molecular weight excluding hydrogens is 460 g/mol. The van der Waals surface area contributed by atoms with Crippen LogP contribution in [0.15, 0.2) is 77.6 Å². The van der Waals surface area contributed by atoms with Crippen molar-refractivity contribution in [3.05, 3.63) is 105 Å². The fourth-order valence-corrected chi connectivity index (χ4v) is 5.03. The fraction of sp³-hybridized carbons (Fsp3) is 0.323. The van der Waals surface area contributed by atoms with Crippen molar-refractivity contribution in [2.24, 2.45) is 5.92 Å². The molecule has 6 heteroatoms. The number of fused-ring (bicyclic) bond motifs is 1. The molecule has 0 bridgehead atoms. The van der Waals surface area contributed by atoms with Crippen LogP contribution < -0.4 is 15.8 Å². The lowest BCUT2D eigenvalue weighted by molar-refractivity contribution is -0.125. The Balaban J connectivity index is 1.33. The van der Waals surface area contributed by atoms with E-state index in [0.717, 1.165) is 42.4 Å². The number of hydrogen-bond acceptors (Lipinski definition) is 4. The molecule has 6 nitrogen and oxygen atoms in total. The van der Waals surface area contributed by atoms with Crippen LogP contribution in [0, 0.1) is 19.8 Å². The number of amides is 1. The van der Waals surface area contributed by atoms with Crippen molar-refractivity contribution in [1.29, 1.82) is 0 Å². The minimum atomic E-state index is -0.162. The normalized spacial score (nSPS) is 15.6. The number of para-hydroxylation sites is 2. The van der Waals surface area contributed by atoms with Gasteiger partial charge in [-0.1, -0.05) is 71.8 Å². The van der Waals surface area contributed by atoms with Crippen LogP contribution in [0.25, 0.3) is 11.0 Å². The molecule has 1 aromatic heterocycles. The van der Waals surface area contributed by atoms with Gasteiger partial charge in [0.1, 0.15) is 0 Å². The van der Waals surface area contributed by atoms with Crippen LogP contribution in [-0.4, -0.2) is 35.1 Å². The van der Waals surface area contributed by atoms with Crippen molar-refractivity contribution in [2.45, 2.75) is 39.7 Å². The van der Waals surface area contributed by atoms with Gasteiger partial charge in [0.25, 0.3) is 5.56 Å². The zero-order valence-electron chi connectivity index (χ0n) is 21.6.